The molecule has 5 rings (SSSR count). The Morgan fingerprint density at radius 1 is 0.957 bits per heavy atom. The van der Waals surface area contributed by atoms with Gasteiger partial charge in [-0.3, -0.25) is 9.80 Å². The van der Waals surface area contributed by atoms with E-state index in [0.29, 0.717) is 25.9 Å². The van der Waals surface area contributed by atoms with Crippen molar-refractivity contribution in [2.75, 3.05) is 24.6 Å². The number of hydrogen-bond donors (Lipinski definition) is 0. The zero-order chi connectivity index (χ0) is 33.9. The highest BCUT2D eigenvalue weighted by molar-refractivity contribution is 6.03. The molecule has 0 aromatic heterocycles. The summed E-state index contributed by atoms with van der Waals surface area (Å²) in [4.78, 5) is 31.3. The molecule has 0 saturated carbocycles. The fourth-order valence-electron chi connectivity index (χ4n) is 6.32. The van der Waals surface area contributed by atoms with Gasteiger partial charge in [-0.1, -0.05) is 61.9 Å². The second-order valence-corrected chi connectivity index (χ2v) is 12.9. The first kappa shape index (κ1) is 34.1. The number of ether oxygens (including phenoxy) is 4. The molecule has 8 nitrogen and oxygen atoms in total. The summed E-state index contributed by atoms with van der Waals surface area (Å²) in [5.74, 6) is -1.56. The first-order valence-electron chi connectivity index (χ1n) is 15.9. The number of esters is 1. The van der Waals surface area contributed by atoms with Gasteiger partial charge in [0.15, 0.2) is 5.75 Å². The molecule has 0 radical (unpaired) electrons. The Morgan fingerprint density at radius 2 is 1.62 bits per heavy atom. The van der Waals surface area contributed by atoms with E-state index in [4.69, 9.17) is 18.9 Å². The summed E-state index contributed by atoms with van der Waals surface area (Å²) >= 11 is 0. The number of rotatable bonds is 9. The van der Waals surface area contributed by atoms with Crippen LogP contribution in [0.15, 0.2) is 60.7 Å². The number of halogens is 3. The Bertz CT molecular complexity index is 1570. The van der Waals surface area contributed by atoms with E-state index in [1.165, 1.54) is 11.8 Å². The molecule has 252 valence electrons. The molecular weight excluding hydrogens is 613 g/mol. The summed E-state index contributed by atoms with van der Waals surface area (Å²) in [6.45, 7) is 9.82. The molecular formula is C36H41F3N2O6. The molecule has 47 heavy (non-hydrogen) atoms. The van der Waals surface area contributed by atoms with Crippen molar-refractivity contribution < 1.29 is 41.7 Å². The van der Waals surface area contributed by atoms with Gasteiger partial charge in [0.2, 0.25) is 0 Å². The maximum absolute atomic E-state index is 14.3. The van der Waals surface area contributed by atoms with Crippen molar-refractivity contribution in [3.05, 3.63) is 82.9 Å². The van der Waals surface area contributed by atoms with Crippen LogP contribution >= 0.6 is 0 Å². The molecule has 0 N–H and O–H groups in total. The van der Waals surface area contributed by atoms with Crippen molar-refractivity contribution in [2.24, 2.45) is 5.92 Å². The topological polar surface area (TPSA) is 77.5 Å². The number of fused-ring (bicyclic) bond motifs is 3. The number of alkyl halides is 3. The summed E-state index contributed by atoms with van der Waals surface area (Å²) < 4.78 is 65.5. The van der Waals surface area contributed by atoms with Crippen LogP contribution in [0.2, 0.25) is 0 Å². The number of unbranched alkanes of at least 4 members (excludes halogenated alkanes) is 1. The Morgan fingerprint density at radius 3 is 2.23 bits per heavy atom. The first-order valence-corrected chi connectivity index (χ1v) is 15.9. The minimum Gasteiger partial charge on any atom is -0.490 e. The van der Waals surface area contributed by atoms with E-state index >= 15 is 0 Å². The van der Waals surface area contributed by atoms with Crippen LogP contribution in [0.1, 0.15) is 80.0 Å². The Hall–Kier alpha value is -4.25. The van der Waals surface area contributed by atoms with Crippen LogP contribution < -0.4 is 19.1 Å². The summed E-state index contributed by atoms with van der Waals surface area (Å²) in [5, 5.41) is 0. The van der Waals surface area contributed by atoms with Crippen molar-refractivity contribution in [1.82, 2.24) is 4.90 Å². The van der Waals surface area contributed by atoms with Gasteiger partial charge in [-0.2, -0.15) is 0 Å². The summed E-state index contributed by atoms with van der Waals surface area (Å²) in [5.41, 5.74) is -0.0917. The summed E-state index contributed by atoms with van der Waals surface area (Å²) in [6, 6.07) is 17.3. The number of para-hydroxylation sites is 1. The van der Waals surface area contributed by atoms with E-state index in [0.717, 1.165) is 12.0 Å². The fraction of sp³-hybridized carbons (Fsp3) is 0.444. The average molecular weight is 655 g/mol. The molecule has 0 bridgehead atoms. The number of carbonyl (C=O) groups excluding carboxylic acids is 2. The Balaban J connectivity index is 1.78. The molecule has 1 amide bonds. The maximum atomic E-state index is 14.3. The number of carbonyl (C=O) groups is 2. The maximum Gasteiger partial charge on any atom is 0.573 e. The zero-order valence-electron chi connectivity index (χ0n) is 27.4. The molecule has 3 aromatic carbocycles. The van der Waals surface area contributed by atoms with Crippen molar-refractivity contribution in [3.8, 4) is 17.2 Å². The molecule has 0 aliphatic carbocycles. The zero-order valence-corrected chi connectivity index (χ0v) is 27.4. The fourth-order valence-corrected chi connectivity index (χ4v) is 6.32. The van der Waals surface area contributed by atoms with E-state index < -0.39 is 35.8 Å². The van der Waals surface area contributed by atoms with Gasteiger partial charge in [0, 0.05) is 30.3 Å². The van der Waals surface area contributed by atoms with Crippen LogP contribution in [0.4, 0.5) is 23.7 Å². The Kier molecular flexibility index (Phi) is 10.0. The smallest absolute Gasteiger partial charge is 0.490 e. The van der Waals surface area contributed by atoms with Gasteiger partial charge in [0.25, 0.3) is 0 Å². The predicted octanol–water partition coefficient (Wildman–Crippen LogP) is 8.61. The predicted molar refractivity (Wildman–Crippen MR) is 171 cm³/mol. The van der Waals surface area contributed by atoms with E-state index in [-0.39, 0.29) is 52.9 Å². The molecule has 0 spiro atoms. The lowest BCUT2D eigenvalue weighted by molar-refractivity contribution is -0.275. The van der Waals surface area contributed by atoms with E-state index in [9.17, 15) is 22.8 Å². The van der Waals surface area contributed by atoms with Crippen molar-refractivity contribution in [1.29, 1.82) is 0 Å². The minimum atomic E-state index is -5.10. The third-order valence-corrected chi connectivity index (χ3v) is 8.23. The van der Waals surface area contributed by atoms with Crippen LogP contribution in [0, 0.1) is 12.8 Å². The number of nitrogens with zero attached hydrogens (tertiary/aromatic N) is 2. The van der Waals surface area contributed by atoms with Gasteiger partial charge in [-0.05, 0) is 70.7 Å². The third kappa shape index (κ3) is 7.84. The molecule has 1 saturated heterocycles. The highest BCUT2D eigenvalue weighted by Gasteiger charge is 2.50. The monoisotopic (exact) mass is 654 g/mol. The summed E-state index contributed by atoms with van der Waals surface area (Å²) in [7, 11) is 0. The number of likely N-dealkylation sites (tertiary alicyclic amines) is 1. The Labute approximate surface area is 273 Å². The average Bonchev–Trinajstić information content (AvgIpc) is 3.40. The van der Waals surface area contributed by atoms with Crippen molar-refractivity contribution in [2.45, 2.75) is 78.4 Å². The van der Waals surface area contributed by atoms with Crippen molar-refractivity contribution >= 4 is 17.7 Å². The molecule has 3 aromatic rings. The molecule has 2 aliphatic rings. The summed E-state index contributed by atoms with van der Waals surface area (Å²) in [6.07, 6.45) is -3.89. The molecule has 2 atom stereocenters. The number of hydrogen-bond acceptors (Lipinski definition) is 7. The SMILES string of the molecule is CCCCOc1c(C(=O)Oc2ccccc2)c(C)c(OC(F)(F)F)c2c1N(C(=O)OC(C)(C)C)CC1CCN(Cc3ccccc3)C21. The quantitative estimate of drug-likeness (QED) is 0.130. The van der Waals surface area contributed by atoms with E-state index in [1.54, 1.807) is 51.1 Å². The van der Waals surface area contributed by atoms with Crippen LogP contribution in [0.25, 0.3) is 0 Å². The highest BCUT2D eigenvalue weighted by atomic mass is 19.4. The highest BCUT2D eigenvalue weighted by Crippen LogP contribution is 2.57. The van der Waals surface area contributed by atoms with Crippen LogP contribution in [-0.4, -0.2) is 48.6 Å². The molecule has 2 heterocycles. The molecule has 11 heteroatoms. The molecule has 1 fully saturated rings. The van der Waals surface area contributed by atoms with Crippen LogP contribution in [-0.2, 0) is 11.3 Å². The minimum absolute atomic E-state index is 0.0291. The van der Waals surface area contributed by atoms with Gasteiger partial charge in [0.05, 0.1) is 12.3 Å². The second kappa shape index (κ2) is 13.9. The second-order valence-electron chi connectivity index (χ2n) is 12.9. The first-order chi connectivity index (χ1) is 22.3. The number of anilines is 1. The van der Waals surface area contributed by atoms with E-state index in [2.05, 4.69) is 4.90 Å². The lowest BCUT2D eigenvalue weighted by Gasteiger charge is -2.42. The normalized spacial score (nSPS) is 17.9. The molecule has 2 unspecified atom stereocenters. The number of amides is 1. The third-order valence-electron chi connectivity index (χ3n) is 8.23. The van der Waals surface area contributed by atoms with Crippen molar-refractivity contribution in [3.63, 3.8) is 0 Å². The largest absolute Gasteiger partial charge is 0.573 e. The van der Waals surface area contributed by atoms with Gasteiger partial charge < -0.3 is 18.9 Å². The standard InChI is InChI=1S/C36H41F3N2O6/c1-6-7-20-44-32-27(33(42)45-26-16-12-9-13-17-26)23(2)31(46-36(37,38)39)28-29-25(18-19-40(29)21-24-14-10-8-11-15-24)22-41(30(28)32)34(43)47-35(3,4)5/h8-17,25,29H,6-7,18-22H2,1-5H3. The van der Waals surface area contributed by atoms with Gasteiger partial charge in [0.1, 0.15) is 22.7 Å². The van der Waals surface area contributed by atoms with Gasteiger partial charge in [-0.25, -0.2) is 9.59 Å². The lowest BCUT2D eigenvalue weighted by atomic mass is 9.84. The van der Waals surface area contributed by atoms with E-state index in [1.807, 2.05) is 37.3 Å². The van der Waals surface area contributed by atoms with Crippen LogP contribution in [0.3, 0.4) is 0 Å². The van der Waals surface area contributed by atoms with Gasteiger partial charge in [-0.15, -0.1) is 13.2 Å². The lowest BCUT2D eigenvalue weighted by Crippen LogP contribution is -2.45. The molecule has 2 aliphatic heterocycles. The van der Waals surface area contributed by atoms with Gasteiger partial charge >= 0.3 is 18.4 Å². The number of benzene rings is 3. The van der Waals surface area contributed by atoms with Crippen LogP contribution in [0.5, 0.6) is 17.2 Å².